The van der Waals surface area contributed by atoms with Crippen LogP contribution in [0.2, 0.25) is 0 Å². The van der Waals surface area contributed by atoms with Crippen LogP contribution in [-0.4, -0.2) is 31.1 Å². The Morgan fingerprint density at radius 2 is 1.54 bits per heavy atom. The second kappa shape index (κ2) is 7.40. The third-order valence-electron chi connectivity index (χ3n) is 4.51. The molecule has 0 saturated heterocycles. The Balaban J connectivity index is 1.98. The van der Waals surface area contributed by atoms with Gasteiger partial charge < -0.3 is 0 Å². The molecule has 0 heterocycles. The molecule has 0 amide bonds. The zero-order valence-electron chi connectivity index (χ0n) is 14.8. The zero-order chi connectivity index (χ0) is 18.7. The lowest BCUT2D eigenvalue weighted by Gasteiger charge is -2.26. The van der Waals surface area contributed by atoms with Gasteiger partial charge in [0, 0.05) is 12.1 Å². The molecule has 3 rings (SSSR count). The summed E-state index contributed by atoms with van der Waals surface area (Å²) < 4.78 is 27.6. The molecular formula is C21H21NO3S. The van der Waals surface area contributed by atoms with Gasteiger partial charge in [-0.05, 0) is 29.8 Å². The number of benzene rings is 3. The van der Waals surface area contributed by atoms with E-state index in [-0.39, 0.29) is 17.2 Å². The number of ketones is 1. The Labute approximate surface area is 154 Å². The van der Waals surface area contributed by atoms with E-state index < -0.39 is 16.1 Å². The third kappa shape index (κ3) is 3.41. The number of likely N-dealkylation sites (N-methyl/N-ethyl adjacent to an activating group) is 1. The predicted octanol–water partition coefficient (Wildman–Crippen LogP) is 4.12. The smallest absolute Gasteiger partial charge is 0.243 e. The maximum atomic E-state index is 13.2. The standard InChI is InChI=1S/C21H21NO3S/c1-3-22(16(2)21(23)18-10-5-4-6-11-18)26(24,25)20-14-13-17-9-7-8-12-19(17)15-20/h4-16H,3H2,1-2H3. The van der Waals surface area contributed by atoms with Gasteiger partial charge >= 0.3 is 0 Å². The Morgan fingerprint density at radius 3 is 2.19 bits per heavy atom. The van der Waals surface area contributed by atoms with Gasteiger partial charge in [-0.3, -0.25) is 4.79 Å². The molecule has 0 fully saturated rings. The second-order valence-corrected chi connectivity index (χ2v) is 8.01. The van der Waals surface area contributed by atoms with E-state index in [0.29, 0.717) is 5.56 Å². The largest absolute Gasteiger partial charge is 0.292 e. The van der Waals surface area contributed by atoms with Gasteiger partial charge in [0.25, 0.3) is 0 Å². The fourth-order valence-corrected chi connectivity index (χ4v) is 4.73. The highest BCUT2D eigenvalue weighted by Gasteiger charge is 2.32. The van der Waals surface area contributed by atoms with Crippen molar-refractivity contribution in [1.82, 2.24) is 4.31 Å². The van der Waals surface area contributed by atoms with Crippen molar-refractivity contribution in [1.29, 1.82) is 0 Å². The number of sulfonamides is 1. The van der Waals surface area contributed by atoms with Crippen molar-refractivity contribution in [2.45, 2.75) is 24.8 Å². The molecule has 0 bridgehead atoms. The summed E-state index contributed by atoms with van der Waals surface area (Å²) in [5.74, 6) is -0.211. The molecule has 0 spiro atoms. The van der Waals surface area contributed by atoms with Crippen LogP contribution >= 0.6 is 0 Å². The monoisotopic (exact) mass is 367 g/mol. The summed E-state index contributed by atoms with van der Waals surface area (Å²) in [6, 6.07) is 20.6. The Hall–Kier alpha value is -2.50. The van der Waals surface area contributed by atoms with Crippen LogP contribution in [0, 0.1) is 0 Å². The molecule has 5 heteroatoms. The van der Waals surface area contributed by atoms with E-state index in [1.54, 1.807) is 56.3 Å². The number of fused-ring (bicyclic) bond motifs is 1. The molecule has 1 atom stereocenters. The topological polar surface area (TPSA) is 54.5 Å². The van der Waals surface area contributed by atoms with E-state index in [1.807, 2.05) is 30.3 Å². The number of rotatable bonds is 6. The normalized spacial score (nSPS) is 13.0. The first-order chi connectivity index (χ1) is 12.4. The van der Waals surface area contributed by atoms with Gasteiger partial charge in [-0.2, -0.15) is 4.31 Å². The van der Waals surface area contributed by atoms with Gasteiger partial charge in [0.05, 0.1) is 10.9 Å². The summed E-state index contributed by atoms with van der Waals surface area (Å²) >= 11 is 0. The molecule has 4 nitrogen and oxygen atoms in total. The van der Waals surface area contributed by atoms with E-state index in [1.165, 1.54) is 4.31 Å². The molecule has 0 radical (unpaired) electrons. The first kappa shape index (κ1) is 18.3. The summed E-state index contributed by atoms with van der Waals surface area (Å²) in [5.41, 5.74) is 0.507. The van der Waals surface area contributed by atoms with Gasteiger partial charge in [-0.1, -0.05) is 67.6 Å². The van der Waals surface area contributed by atoms with Crippen molar-refractivity contribution >= 4 is 26.6 Å². The fraction of sp³-hybridized carbons (Fsp3) is 0.190. The number of hydrogen-bond donors (Lipinski definition) is 0. The van der Waals surface area contributed by atoms with Crippen molar-refractivity contribution in [2.75, 3.05) is 6.54 Å². The number of carbonyl (C=O) groups excluding carboxylic acids is 1. The van der Waals surface area contributed by atoms with Gasteiger partial charge in [0.15, 0.2) is 5.78 Å². The minimum absolute atomic E-state index is 0.200. The third-order valence-corrected chi connectivity index (χ3v) is 6.55. The van der Waals surface area contributed by atoms with E-state index in [2.05, 4.69) is 0 Å². The SMILES string of the molecule is CCN(C(C)C(=O)c1ccccc1)S(=O)(=O)c1ccc2ccccc2c1. The summed E-state index contributed by atoms with van der Waals surface area (Å²) in [4.78, 5) is 12.9. The minimum atomic E-state index is -3.78. The highest BCUT2D eigenvalue weighted by molar-refractivity contribution is 7.89. The zero-order valence-corrected chi connectivity index (χ0v) is 15.6. The molecule has 26 heavy (non-hydrogen) atoms. The number of hydrogen-bond acceptors (Lipinski definition) is 3. The number of Topliss-reactive ketones (excluding diaryl/α,β-unsaturated/α-hetero) is 1. The van der Waals surface area contributed by atoms with E-state index >= 15 is 0 Å². The predicted molar refractivity (Wildman–Crippen MR) is 104 cm³/mol. The van der Waals surface area contributed by atoms with Crippen LogP contribution < -0.4 is 0 Å². The van der Waals surface area contributed by atoms with Crippen LogP contribution in [0.4, 0.5) is 0 Å². The van der Waals surface area contributed by atoms with E-state index in [9.17, 15) is 13.2 Å². The van der Waals surface area contributed by atoms with Crippen molar-refractivity contribution in [3.63, 3.8) is 0 Å². The van der Waals surface area contributed by atoms with Crippen LogP contribution in [-0.2, 0) is 10.0 Å². The molecule has 134 valence electrons. The highest BCUT2D eigenvalue weighted by atomic mass is 32.2. The molecular weight excluding hydrogens is 346 g/mol. The Bertz CT molecular complexity index is 1030. The molecule has 0 N–H and O–H groups in total. The number of nitrogens with zero attached hydrogens (tertiary/aromatic N) is 1. The van der Waals surface area contributed by atoms with E-state index in [0.717, 1.165) is 10.8 Å². The van der Waals surface area contributed by atoms with Crippen molar-refractivity contribution in [3.8, 4) is 0 Å². The molecule has 3 aromatic carbocycles. The molecule has 0 saturated carbocycles. The average molecular weight is 367 g/mol. The maximum absolute atomic E-state index is 13.2. The Kier molecular flexibility index (Phi) is 5.20. The van der Waals surface area contributed by atoms with Crippen molar-refractivity contribution < 1.29 is 13.2 Å². The van der Waals surface area contributed by atoms with Gasteiger partial charge in [0.1, 0.15) is 0 Å². The van der Waals surface area contributed by atoms with Crippen LogP contribution in [0.25, 0.3) is 10.8 Å². The van der Waals surface area contributed by atoms with E-state index in [4.69, 9.17) is 0 Å². The first-order valence-corrected chi connectivity index (χ1v) is 9.99. The van der Waals surface area contributed by atoms with Crippen molar-refractivity contribution in [3.05, 3.63) is 78.4 Å². The van der Waals surface area contributed by atoms with Crippen LogP contribution in [0.15, 0.2) is 77.7 Å². The fourth-order valence-electron chi connectivity index (χ4n) is 3.09. The summed E-state index contributed by atoms with van der Waals surface area (Å²) in [5, 5.41) is 1.83. The summed E-state index contributed by atoms with van der Waals surface area (Å²) in [6.45, 7) is 3.60. The maximum Gasteiger partial charge on any atom is 0.243 e. The Morgan fingerprint density at radius 1 is 0.923 bits per heavy atom. The molecule has 0 aliphatic heterocycles. The summed E-state index contributed by atoms with van der Waals surface area (Å²) in [6.07, 6.45) is 0. The quantitative estimate of drug-likeness (QED) is 0.616. The lowest BCUT2D eigenvalue weighted by molar-refractivity contribution is 0.0910. The minimum Gasteiger partial charge on any atom is -0.292 e. The lowest BCUT2D eigenvalue weighted by atomic mass is 10.1. The molecule has 0 aromatic heterocycles. The average Bonchev–Trinajstić information content (AvgIpc) is 2.68. The highest BCUT2D eigenvalue weighted by Crippen LogP contribution is 2.24. The molecule has 0 aliphatic rings. The van der Waals surface area contributed by atoms with Crippen LogP contribution in [0.3, 0.4) is 0 Å². The van der Waals surface area contributed by atoms with Gasteiger partial charge in [-0.15, -0.1) is 0 Å². The molecule has 1 unspecified atom stereocenters. The second-order valence-electron chi connectivity index (χ2n) is 6.12. The lowest BCUT2D eigenvalue weighted by Crippen LogP contribution is -2.43. The van der Waals surface area contributed by atoms with Gasteiger partial charge in [0.2, 0.25) is 10.0 Å². The number of carbonyl (C=O) groups is 1. The molecule has 3 aromatic rings. The van der Waals surface area contributed by atoms with Crippen LogP contribution in [0.1, 0.15) is 24.2 Å². The summed E-state index contributed by atoms with van der Waals surface area (Å²) in [7, 11) is -3.78. The van der Waals surface area contributed by atoms with Gasteiger partial charge in [-0.25, -0.2) is 8.42 Å². The van der Waals surface area contributed by atoms with Crippen LogP contribution in [0.5, 0.6) is 0 Å². The molecule has 0 aliphatic carbocycles. The van der Waals surface area contributed by atoms with Crippen molar-refractivity contribution in [2.24, 2.45) is 0 Å². The first-order valence-electron chi connectivity index (χ1n) is 8.55.